The summed E-state index contributed by atoms with van der Waals surface area (Å²) in [5.74, 6) is 0. The minimum atomic E-state index is -0.352. The van der Waals surface area contributed by atoms with E-state index in [0.717, 1.165) is 17.9 Å². The summed E-state index contributed by atoms with van der Waals surface area (Å²) >= 11 is 0. The molecule has 0 spiro atoms. The molecule has 2 rings (SSSR count). The van der Waals surface area contributed by atoms with Crippen molar-refractivity contribution < 1.29 is 4.92 Å². The summed E-state index contributed by atoms with van der Waals surface area (Å²) in [7, 11) is 0. The average Bonchev–Trinajstić information content (AvgIpc) is 2.72. The molecule has 0 heterocycles. The van der Waals surface area contributed by atoms with Crippen LogP contribution in [0.3, 0.4) is 0 Å². The van der Waals surface area contributed by atoms with Gasteiger partial charge in [0, 0.05) is 36.1 Å². The highest BCUT2D eigenvalue weighted by atomic mass is 16.6. The minimum Gasteiger partial charge on any atom is -0.385 e. The number of benzene rings is 1. The molecule has 0 bridgehead atoms. The second-order valence-electron chi connectivity index (χ2n) is 6.58. The summed E-state index contributed by atoms with van der Waals surface area (Å²) in [5, 5.41) is 17.6. The van der Waals surface area contributed by atoms with E-state index in [9.17, 15) is 10.1 Å². The normalized spacial score (nSPS) is 19.4. The Kier molecular flexibility index (Phi) is 3.40. The van der Waals surface area contributed by atoms with E-state index in [0.29, 0.717) is 6.04 Å². The van der Waals surface area contributed by atoms with Gasteiger partial charge in [-0.05, 0) is 23.8 Å². The third kappa shape index (κ3) is 2.32. The number of nitrogens with one attached hydrogen (secondary N) is 2. The van der Waals surface area contributed by atoms with Gasteiger partial charge in [0.15, 0.2) is 0 Å². The zero-order valence-electron chi connectivity index (χ0n) is 12.8. The summed E-state index contributed by atoms with van der Waals surface area (Å²) in [4.78, 5) is 10.7. The lowest BCUT2D eigenvalue weighted by atomic mass is 10.0. The Hall–Kier alpha value is -1.78. The highest BCUT2D eigenvalue weighted by molar-refractivity contribution is 5.64. The Morgan fingerprint density at radius 3 is 2.15 bits per heavy atom. The van der Waals surface area contributed by atoms with Gasteiger partial charge in [-0.2, -0.15) is 0 Å². The van der Waals surface area contributed by atoms with Gasteiger partial charge >= 0.3 is 0 Å². The summed E-state index contributed by atoms with van der Waals surface area (Å²) in [6, 6.07) is 5.43. The molecule has 1 aromatic carbocycles. The number of rotatable bonds is 5. The van der Waals surface area contributed by atoms with E-state index in [1.165, 1.54) is 0 Å². The molecule has 0 radical (unpaired) electrons. The van der Waals surface area contributed by atoms with E-state index in [2.05, 4.69) is 38.3 Å². The van der Waals surface area contributed by atoms with Crippen molar-refractivity contribution in [3.05, 3.63) is 28.3 Å². The molecule has 0 aliphatic heterocycles. The van der Waals surface area contributed by atoms with E-state index >= 15 is 0 Å². The standard InChI is InChI=1S/C15H23N3O2/c1-6-16-10-7-11(9-12(8-10)18(19)20)17-13-14(2,3)15(13,4)5/h7-9,13,16-17H,6H2,1-5H3. The smallest absolute Gasteiger partial charge is 0.273 e. The third-order valence-electron chi connectivity index (χ3n) is 4.84. The molecule has 110 valence electrons. The molecule has 0 atom stereocenters. The van der Waals surface area contributed by atoms with Gasteiger partial charge in [0.25, 0.3) is 5.69 Å². The van der Waals surface area contributed by atoms with Crippen molar-refractivity contribution >= 4 is 17.1 Å². The fourth-order valence-electron chi connectivity index (χ4n) is 2.83. The van der Waals surface area contributed by atoms with Crippen LogP contribution < -0.4 is 10.6 Å². The first-order chi connectivity index (χ1) is 9.20. The molecule has 20 heavy (non-hydrogen) atoms. The number of nitro benzene ring substituents is 1. The molecule has 2 N–H and O–H groups in total. The third-order valence-corrected chi connectivity index (χ3v) is 4.84. The molecule has 0 saturated heterocycles. The van der Waals surface area contributed by atoms with Crippen LogP contribution in [0, 0.1) is 20.9 Å². The highest BCUT2D eigenvalue weighted by Crippen LogP contribution is 2.63. The predicted octanol–water partition coefficient (Wildman–Crippen LogP) is 3.87. The van der Waals surface area contributed by atoms with Gasteiger partial charge in [-0.25, -0.2) is 0 Å². The number of nitrogens with zero attached hydrogens (tertiary/aromatic N) is 1. The Bertz CT molecular complexity index is 524. The zero-order valence-corrected chi connectivity index (χ0v) is 12.8. The van der Waals surface area contributed by atoms with Crippen molar-refractivity contribution in [3.8, 4) is 0 Å². The highest BCUT2D eigenvalue weighted by Gasteiger charge is 2.64. The Morgan fingerprint density at radius 2 is 1.70 bits per heavy atom. The second-order valence-corrected chi connectivity index (χ2v) is 6.58. The topological polar surface area (TPSA) is 67.2 Å². The molecule has 5 heteroatoms. The van der Waals surface area contributed by atoms with Gasteiger partial charge < -0.3 is 10.6 Å². The monoisotopic (exact) mass is 277 g/mol. The maximum Gasteiger partial charge on any atom is 0.273 e. The van der Waals surface area contributed by atoms with E-state index in [-0.39, 0.29) is 21.4 Å². The van der Waals surface area contributed by atoms with Gasteiger partial charge in [-0.3, -0.25) is 10.1 Å². The Labute approximate surface area is 119 Å². The molecule has 5 nitrogen and oxygen atoms in total. The van der Waals surface area contributed by atoms with Crippen molar-refractivity contribution in [2.75, 3.05) is 17.2 Å². The van der Waals surface area contributed by atoms with Crippen molar-refractivity contribution in [3.63, 3.8) is 0 Å². The average molecular weight is 277 g/mol. The van der Waals surface area contributed by atoms with Crippen molar-refractivity contribution in [2.45, 2.75) is 40.7 Å². The largest absolute Gasteiger partial charge is 0.385 e. The van der Waals surface area contributed by atoms with Crippen molar-refractivity contribution in [2.24, 2.45) is 10.8 Å². The molecule has 1 aromatic rings. The molecule has 1 fully saturated rings. The van der Waals surface area contributed by atoms with Crippen molar-refractivity contribution in [1.29, 1.82) is 0 Å². The van der Waals surface area contributed by atoms with E-state index < -0.39 is 0 Å². The number of non-ortho nitro benzene ring substituents is 1. The summed E-state index contributed by atoms with van der Waals surface area (Å²) in [5.41, 5.74) is 2.08. The van der Waals surface area contributed by atoms with E-state index in [1.54, 1.807) is 12.1 Å². The van der Waals surface area contributed by atoms with Crippen LogP contribution >= 0.6 is 0 Å². The SMILES string of the molecule is CCNc1cc(NC2C(C)(C)C2(C)C)cc([N+](=O)[O-])c1. The summed E-state index contributed by atoms with van der Waals surface area (Å²) in [6.45, 7) is 11.6. The quantitative estimate of drug-likeness (QED) is 0.633. The first-order valence-electron chi connectivity index (χ1n) is 7.00. The predicted molar refractivity (Wildman–Crippen MR) is 82.2 cm³/mol. The fraction of sp³-hybridized carbons (Fsp3) is 0.600. The molecule has 0 unspecified atom stereocenters. The van der Waals surface area contributed by atoms with Crippen LogP contribution in [0.5, 0.6) is 0 Å². The van der Waals surface area contributed by atoms with Crippen LogP contribution in [0.1, 0.15) is 34.6 Å². The summed E-state index contributed by atoms with van der Waals surface area (Å²) < 4.78 is 0. The lowest BCUT2D eigenvalue weighted by Gasteiger charge is -2.11. The molecule has 1 saturated carbocycles. The molecular formula is C15H23N3O2. The molecular weight excluding hydrogens is 254 g/mol. The number of hydrogen-bond acceptors (Lipinski definition) is 4. The molecule has 1 aliphatic carbocycles. The lowest BCUT2D eigenvalue weighted by molar-refractivity contribution is -0.384. The fourth-order valence-corrected chi connectivity index (χ4v) is 2.83. The van der Waals surface area contributed by atoms with Crippen LogP contribution in [0.2, 0.25) is 0 Å². The zero-order chi connectivity index (χ0) is 15.1. The first kappa shape index (κ1) is 14.6. The maximum atomic E-state index is 11.0. The minimum absolute atomic E-state index is 0.113. The van der Waals surface area contributed by atoms with Crippen LogP contribution in [0.4, 0.5) is 17.1 Å². The Balaban J connectivity index is 2.26. The van der Waals surface area contributed by atoms with Crippen molar-refractivity contribution in [1.82, 2.24) is 0 Å². The van der Waals surface area contributed by atoms with E-state index in [4.69, 9.17) is 0 Å². The maximum absolute atomic E-state index is 11.0. The van der Waals surface area contributed by atoms with Gasteiger partial charge in [0.1, 0.15) is 0 Å². The van der Waals surface area contributed by atoms with Crippen LogP contribution in [-0.4, -0.2) is 17.5 Å². The first-order valence-corrected chi connectivity index (χ1v) is 7.00. The van der Waals surface area contributed by atoms with Gasteiger partial charge in [0.05, 0.1) is 4.92 Å². The summed E-state index contributed by atoms with van der Waals surface area (Å²) in [6.07, 6.45) is 0. The molecule has 0 amide bonds. The number of hydrogen-bond donors (Lipinski definition) is 2. The van der Waals surface area contributed by atoms with Crippen LogP contribution in [-0.2, 0) is 0 Å². The van der Waals surface area contributed by atoms with Gasteiger partial charge in [-0.15, -0.1) is 0 Å². The molecule has 1 aliphatic rings. The Morgan fingerprint density at radius 1 is 1.15 bits per heavy atom. The van der Waals surface area contributed by atoms with Crippen LogP contribution in [0.25, 0.3) is 0 Å². The lowest BCUT2D eigenvalue weighted by Crippen LogP contribution is -2.10. The van der Waals surface area contributed by atoms with Crippen LogP contribution in [0.15, 0.2) is 18.2 Å². The van der Waals surface area contributed by atoms with E-state index in [1.807, 2.05) is 13.0 Å². The van der Waals surface area contributed by atoms with Gasteiger partial charge in [-0.1, -0.05) is 27.7 Å². The number of nitro groups is 1. The number of anilines is 2. The van der Waals surface area contributed by atoms with Gasteiger partial charge in [0.2, 0.25) is 0 Å². The second kappa shape index (κ2) is 4.65. The molecule has 0 aromatic heterocycles.